The van der Waals surface area contributed by atoms with Gasteiger partial charge in [0.25, 0.3) is 0 Å². The molecule has 8 aromatic carbocycles. The molecular weight excluding hydrogens is 765 g/mol. The van der Waals surface area contributed by atoms with Crippen molar-refractivity contribution in [1.82, 2.24) is 9.80 Å². The van der Waals surface area contributed by atoms with Crippen LogP contribution in [0.2, 0.25) is 0 Å². The molecule has 0 unspecified atom stereocenters. The summed E-state index contributed by atoms with van der Waals surface area (Å²) in [5.74, 6) is 0. The van der Waals surface area contributed by atoms with Crippen LogP contribution < -0.4 is 41.5 Å². The molecule has 0 spiro atoms. The molecule has 0 fully saturated rings. The van der Waals surface area contributed by atoms with Crippen molar-refractivity contribution in [1.29, 1.82) is 0 Å². The second kappa shape index (κ2) is 19.4. The first-order valence-electron chi connectivity index (χ1n) is 19.6. The van der Waals surface area contributed by atoms with E-state index in [2.05, 4.69) is 256 Å². The Hall–Kier alpha value is -5.11. The molecule has 0 aliphatic heterocycles. The van der Waals surface area contributed by atoms with Crippen LogP contribution in [-0.2, 0) is 30.2 Å². The molecule has 8 aromatic rings. The van der Waals surface area contributed by atoms with Gasteiger partial charge in [0, 0.05) is 6.54 Å². The predicted octanol–water partition coefficient (Wildman–Crippen LogP) is 5.69. The fraction of sp³-hybridized carbons (Fsp3) is 0.115. The van der Waals surface area contributed by atoms with E-state index in [1.54, 1.807) is 0 Å². The Morgan fingerprint density at radius 2 is 0.772 bits per heavy atom. The van der Waals surface area contributed by atoms with Crippen LogP contribution in [0, 0.1) is 0 Å². The maximum Gasteiger partial charge on any atom is 2.00 e. The predicted molar refractivity (Wildman–Crippen MR) is 246 cm³/mol. The fourth-order valence-corrected chi connectivity index (χ4v) is 18.4. The van der Waals surface area contributed by atoms with Gasteiger partial charge in [0.2, 0.25) is 0 Å². The molecule has 2 nitrogen and oxygen atoms in total. The van der Waals surface area contributed by atoms with Crippen molar-refractivity contribution >= 4 is 57.6 Å². The molecule has 0 aliphatic rings. The topological polar surface area (TPSA) is 6.48 Å². The SMILES string of the molecule is CN(C)Cc1c([Si](c2ccccc2)(c2ccccc2)c2ccccc2)cc[c-]1CN(C)C.[Fe+2].c1ccc([Si](c2ccccc2)(c2ccccc2)c2cc[cH-]c2)cc1. The van der Waals surface area contributed by atoms with E-state index >= 15 is 0 Å². The van der Waals surface area contributed by atoms with Crippen LogP contribution in [0.4, 0.5) is 0 Å². The van der Waals surface area contributed by atoms with E-state index in [0.29, 0.717) is 0 Å². The quantitative estimate of drug-likeness (QED) is 0.0890. The minimum absolute atomic E-state index is 0. The number of hydrogen-bond acceptors (Lipinski definition) is 2. The van der Waals surface area contributed by atoms with Crippen molar-refractivity contribution < 1.29 is 17.1 Å². The van der Waals surface area contributed by atoms with Crippen molar-refractivity contribution in [2.45, 2.75) is 13.1 Å². The molecule has 0 N–H and O–H groups in total. The van der Waals surface area contributed by atoms with E-state index in [-0.39, 0.29) is 17.1 Å². The summed E-state index contributed by atoms with van der Waals surface area (Å²) in [4.78, 5) is 4.58. The number of benzene rings is 6. The van der Waals surface area contributed by atoms with Gasteiger partial charge in [-0.2, -0.15) is 34.6 Å². The molecule has 286 valence electrons. The molecule has 0 saturated carbocycles. The molecule has 0 heterocycles. The van der Waals surface area contributed by atoms with Crippen molar-refractivity contribution in [2.75, 3.05) is 28.2 Å². The smallest absolute Gasteiger partial charge is 0.316 e. The van der Waals surface area contributed by atoms with Crippen molar-refractivity contribution in [2.24, 2.45) is 0 Å². The van der Waals surface area contributed by atoms with Crippen LogP contribution in [0.25, 0.3) is 0 Å². The third-order valence-electron chi connectivity index (χ3n) is 10.9. The molecule has 57 heavy (non-hydrogen) atoms. The summed E-state index contributed by atoms with van der Waals surface area (Å²) in [5, 5.41) is 11.5. The van der Waals surface area contributed by atoms with E-state index in [4.69, 9.17) is 0 Å². The van der Waals surface area contributed by atoms with Gasteiger partial charge < -0.3 is 9.80 Å². The second-order valence-corrected chi connectivity index (χ2v) is 22.7. The van der Waals surface area contributed by atoms with Gasteiger partial charge in [0.15, 0.2) is 0 Å². The molecule has 0 aliphatic carbocycles. The minimum atomic E-state index is -2.49. The average molecular weight is 817 g/mol. The summed E-state index contributed by atoms with van der Waals surface area (Å²) in [6, 6.07) is 80.3. The Kier molecular flexibility index (Phi) is 14.1. The molecule has 0 radical (unpaired) electrons. The Morgan fingerprint density at radius 1 is 0.421 bits per heavy atom. The molecule has 0 atom stereocenters. The number of nitrogens with zero attached hydrogens (tertiary/aromatic N) is 2. The summed E-state index contributed by atoms with van der Waals surface area (Å²) in [6.45, 7) is 1.89. The molecule has 0 aromatic heterocycles. The molecule has 0 saturated heterocycles. The second-order valence-electron chi connectivity index (χ2n) is 15.1. The third kappa shape index (κ3) is 8.61. The summed E-state index contributed by atoms with van der Waals surface area (Å²) in [7, 11) is 3.92. The van der Waals surface area contributed by atoms with Gasteiger partial charge in [0.05, 0.1) is 0 Å². The van der Waals surface area contributed by atoms with Crippen LogP contribution in [0.3, 0.4) is 0 Å². The van der Waals surface area contributed by atoms with E-state index in [0.717, 1.165) is 13.1 Å². The Labute approximate surface area is 353 Å². The Bertz CT molecular complexity index is 2150. The first-order chi connectivity index (χ1) is 27.5. The zero-order valence-electron chi connectivity index (χ0n) is 33.4. The van der Waals surface area contributed by atoms with Crippen LogP contribution in [0.1, 0.15) is 11.1 Å². The van der Waals surface area contributed by atoms with E-state index in [9.17, 15) is 0 Å². The Balaban J connectivity index is 0.000000196. The van der Waals surface area contributed by atoms with Gasteiger partial charge in [-0.25, -0.2) is 12.1 Å². The maximum atomic E-state index is 2.43. The van der Waals surface area contributed by atoms with Gasteiger partial charge in [-0.15, -0.1) is 11.1 Å². The molecule has 0 bridgehead atoms. The fourth-order valence-electron chi connectivity index (χ4n) is 8.62. The van der Waals surface area contributed by atoms with Gasteiger partial charge in [-0.1, -0.05) is 213 Å². The van der Waals surface area contributed by atoms with Crippen molar-refractivity contribution in [3.8, 4) is 0 Å². The van der Waals surface area contributed by atoms with E-state index in [1.807, 2.05) is 0 Å². The maximum absolute atomic E-state index is 2.49. The van der Waals surface area contributed by atoms with Crippen molar-refractivity contribution in [3.63, 3.8) is 0 Å². The minimum Gasteiger partial charge on any atom is -0.316 e. The summed E-state index contributed by atoms with van der Waals surface area (Å²) >= 11 is 0. The first-order valence-corrected chi connectivity index (χ1v) is 23.6. The average Bonchev–Trinajstić information content (AvgIpc) is 3.92. The van der Waals surface area contributed by atoms with E-state index < -0.39 is 16.1 Å². The molecular formula is C52H52FeN2Si2. The molecule has 0 amide bonds. The van der Waals surface area contributed by atoms with Gasteiger partial charge in [0.1, 0.15) is 16.1 Å². The number of rotatable bonds is 12. The largest absolute Gasteiger partial charge is 2.00 e. The first kappa shape index (κ1) is 41.5. The zero-order chi connectivity index (χ0) is 38.8. The number of hydrogen-bond donors (Lipinski definition) is 0. The normalized spacial score (nSPS) is 11.5. The van der Waals surface area contributed by atoms with Gasteiger partial charge in [-0.3, -0.25) is 0 Å². The van der Waals surface area contributed by atoms with Gasteiger partial charge >= 0.3 is 17.1 Å². The van der Waals surface area contributed by atoms with Crippen LogP contribution in [0.5, 0.6) is 0 Å². The van der Waals surface area contributed by atoms with E-state index in [1.165, 1.54) is 52.6 Å². The van der Waals surface area contributed by atoms with Gasteiger partial charge in [-0.05, 0) is 34.7 Å². The molecule has 8 rings (SSSR count). The Morgan fingerprint density at radius 3 is 1.07 bits per heavy atom. The zero-order valence-corrected chi connectivity index (χ0v) is 36.6. The van der Waals surface area contributed by atoms with Crippen LogP contribution in [-0.4, -0.2) is 54.1 Å². The van der Waals surface area contributed by atoms with Crippen LogP contribution >= 0.6 is 0 Å². The van der Waals surface area contributed by atoms with Crippen LogP contribution in [0.15, 0.2) is 218 Å². The molecule has 5 heteroatoms. The monoisotopic (exact) mass is 816 g/mol. The standard InChI is InChI=1S/C29H33N2Si.C23H19Si.Fe/c1-30(2)22-24-20-21-29(28(24)23-31(3)4)32(25-14-8-5-9-15-25,26-16-10-6-11-17-26)27-18-12-7-13-19-27;1-4-12-20(13-5-1)24(23-18-10-11-19-23,21-14-6-2-7-15-21)22-16-8-3-9-17-22;/h5-21H,22-23H2,1-4H3;1-19H;/q2*-1;+2. The summed E-state index contributed by atoms with van der Waals surface area (Å²) < 4.78 is 0. The summed E-state index contributed by atoms with van der Waals surface area (Å²) in [5.41, 5.74) is 2.91. The van der Waals surface area contributed by atoms with Crippen molar-refractivity contribution in [3.05, 3.63) is 230 Å². The summed E-state index contributed by atoms with van der Waals surface area (Å²) in [6.07, 6.45) is 0. The third-order valence-corrected chi connectivity index (χ3v) is 20.5.